The van der Waals surface area contributed by atoms with E-state index in [2.05, 4.69) is 4.98 Å². The van der Waals surface area contributed by atoms with Crippen LogP contribution in [0.5, 0.6) is 0 Å². The molecule has 0 aliphatic heterocycles. The topological polar surface area (TPSA) is 76.2 Å². The number of nitrogen functional groups attached to an aromatic ring is 1. The summed E-state index contributed by atoms with van der Waals surface area (Å²) in [6, 6.07) is 11.3. The molecule has 0 fully saturated rings. The monoisotopic (exact) mass is 228 g/mol. The second-order valence-corrected chi connectivity index (χ2v) is 3.70. The number of carboxylic acid groups (broad SMARTS) is 1. The van der Waals surface area contributed by atoms with Crippen molar-refractivity contribution in [1.82, 2.24) is 4.98 Å². The van der Waals surface area contributed by atoms with Gasteiger partial charge in [-0.3, -0.25) is 9.78 Å². The molecule has 1 aromatic carbocycles. The summed E-state index contributed by atoms with van der Waals surface area (Å²) in [7, 11) is 0. The van der Waals surface area contributed by atoms with E-state index >= 15 is 0 Å². The first-order valence-electron chi connectivity index (χ1n) is 5.18. The minimum Gasteiger partial charge on any atom is -0.481 e. The summed E-state index contributed by atoms with van der Waals surface area (Å²) in [4.78, 5) is 14.6. The molecule has 0 amide bonds. The van der Waals surface area contributed by atoms with Crippen molar-refractivity contribution in [2.75, 3.05) is 5.73 Å². The molecule has 0 saturated carbocycles. The zero-order valence-electron chi connectivity index (χ0n) is 9.13. The number of rotatable bonds is 3. The van der Waals surface area contributed by atoms with Crippen LogP contribution in [-0.4, -0.2) is 16.1 Å². The molecule has 1 aromatic heterocycles. The lowest BCUT2D eigenvalue weighted by Crippen LogP contribution is -2.03. The normalized spacial score (nSPS) is 10.1. The molecule has 2 aromatic rings. The molecular weight excluding hydrogens is 216 g/mol. The van der Waals surface area contributed by atoms with Crippen molar-refractivity contribution in [2.45, 2.75) is 6.42 Å². The second kappa shape index (κ2) is 4.65. The molecule has 0 radical (unpaired) electrons. The Bertz CT molecular complexity index is 538. The molecule has 3 N–H and O–H groups in total. The molecule has 4 nitrogen and oxygen atoms in total. The van der Waals surface area contributed by atoms with Crippen LogP contribution >= 0.6 is 0 Å². The maximum atomic E-state index is 10.6. The third-order valence-electron chi connectivity index (χ3n) is 2.41. The fraction of sp³-hybridized carbons (Fsp3) is 0.0769. The van der Waals surface area contributed by atoms with Gasteiger partial charge in [0.2, 0.25) is 0 Å². The number of aliphatic carboxylic acids is 1. The number of carboxylic acids is 1. The molecule has 0 aliphatic carbocycles. The molecule has 4 heteroatoms. The summed E-state index contributed by atoms with van der Waals surface area (Å²) >= 11 is 0. The van der Waals surface area contributed by atoms with Crippen molar-refractivity contribution >= 4 is 11.7 Å². The Balaban J connectivity index is 2.43. The predicted octanol–water partition coefficient (Wildman–Crippen LogP) is 1.96. The lowest BCUT2D eigenvalue weighted by molar-refractivity contribution is -0.136. The number of hydrogen-bond donors (Lipinski definition) is 2. The van der Waals surface area contributed by atoms with Gasteiger partial charge in [0.05, 0.1) is 24.0 Å². The minimum atomic E-state index is -0.902. The number of nitrogens with two attached hydrogens (primary N) is 1. The van der Waals surface area contributed by atoms with Crippen LogP contribution in [0, 0.1) is 0 Å². The molecule has 0 saturated heterocycles. The van der Waals surface area contributed by atoms with Crippen LogP contribution in [0.25, 0.3) is 11.1 Å². The van der Waals surface area contributed by atoms with Crippen LogP contribution in [0.2, 0.25) is 0 Å². The number of nitrogens with zero attached hydrogens (tertiary/aromatic N) is 1. The molecule has 0 unspecified atom stereocenters. The summed E-state index contributed by atoms with van der Waals surface area (Å²) in [6.45, 7) is 0. The highest BCUT2D eigenvalue weighted by Crippen LogP contribution is 2.25. The maximum absolute atomic E-state index is 10.6. The average Bonchev–Trinajstić information content (AvgIpc) is 2.32. The Kier molecular flexibility index (Phi) is 3.05. The smallest absolute Gasteiger partial charge is 0.309 e. The molecule has 2 rings (SSSR count). The molecule has 0 atom stereocenters. The molecule has 0 bridgehead atoms. The van der Waals surface area contributed by atoms with Crippen molar-refractivity contribution in [1.29, 1.82) is 0 Å². The Morgan fingerprint density at radius 2 is 2.00 bits per heavy atom. The first-order chi connectivity index (χ1) is 8.16. The van der Waals surface area contributed by atoms with Gasteiger partial charge in [-0.2, -0.15) is 0 Å². The van der Waals surface area contributed by atoms with E-state index in [1.165, 1.54) is 6.20 Å². The van der Waals surface area contributed by atoms with Gasteiger partial charge in [-0.15, -0.1) is 0 Å². The van der Waals surface area contributed by atoms with E-state index in [4.69, 9.17) is 10.8 Å². The lowest BCUT2D eigenvalue weighted by Gasteiger charge is -2.07. The Hall–Kier alpha value is -2.36. The summed E-state index contributed by atoms with van der Waals surface area (Å²) in [5.74, 6) is -0.902. The predicted molar refractivity (Wildman–Crippen MR) is 65.4 cm³/mol. The number of hydrogen-bond acceptors (Lipinski definition) is 3. The van der Waals surface area contributed by atoms with Gasteiger partial charge in [0.15, 0.2) is 0 Å². The first-order valence-corrected chi connectivity index (χ1v) is 5.18. The van der Waals surface area contributed by atoms with Gasteiger partial charge in [-0.25, -0.2) is 0 Å². The van der Waals surface area contributed by atoms with E-state index in [1.807, 2.05) is 30.3 Å². The lowest BCUT2D eigenvalue weighted by atomic mass is 10.0. The van der Waals surface area contributed by atoms with Crippen molar-refractivity contribution in [2.24, 2.45) is 0 Å². The van der Waals surface area contributed by atoms with Gasteiger partial charge in [0.25, 0.3) is 0 Å². The molecule has 0 spiro atoms. The number of anilines is 1. The van der Waals surface area contributed by atoms with Crippen LogP contribution in [0.1, 0.15) is 5.69 Å². The van der Waals surface area contributed by atoms with Gasteiger partial charge in [0, 0.05) is 5.56 Å². The standard InChI is InChI=1S/C13H12N2O2/c14-12-8-15-10(7-13(16)17)6-11(12)9-4-2-1-3-5-9/h1-6,8H,7,14H2,(H,16,17). The molecule has 0 aliphatic rings. The summed E-state index contributed by atoms with van der Waals surface area (Å²) < 4.78 is 0. The zero-order chi connectivity index (χ0) is 12.3. The van der Waals surface area contributed by atoms with Gasteiger partial charge < -0.3 is 10.8 Å². The third-order valence-corrected chi connectivity index (χ3v) is 2.41. The highest BCUT2D eigenvalue weighted by atomic mass is 16.4. The van der Waals surface area contributed by atoms with E-state index in [-0.39, 0.29) is 6.42 Å². The number of aromatic nitrogens is 1. The largest absolute Gasteiger partial charge is 0.481 e. The molecular formula is C13H12N2O2. The van der Waals surface area contributed by atoms with Gasteiger partial charge in [-0.05, 0) is 11.6 Å². The average molecular weight is 228 g/mol. The van der Waals surface area contributed by atoms with Gasteiger partial charge in [0.1, 0.15) is 0 Å². The highest BCUT2D eigenvalue weighted by molar-refractivity contribution is 5.77. The van der Waals surface area contributed by atoms with E-state index in [1.54, 1.807) is 6.07 Å². The van der Waals surface area contributed by atoms with Gasteiger partial charge >= 0.3 is 5.97 Å². The molecule has 17 heavy (non-hydrogen) atoms. The number of pyridine rings is 1. The number of carbonyl (C=O) groups is 1. The first kappa shape index (κ1) is 11.1. The Morgan fingerprint density at radius 3 is 2.65 bits per heavy atom. The van der Waals surface area contributed by atoms with Crippen LogP contribution < -0.4 is 5.73 Å². The van der Waals surface area contributed by atoms with Crippen LogP contribution in [0.4, 0.5) is 5.69 Å². The van der Waals surface area contributed by atoms with Gasteiger partial charge in [-0.1, -0.05) is 30.3 Å². The van der Waals surface area contributed by atoms with Crippen LogP contribution in [-0.2, 0) is 11.2 Å². The molecule has 86 valence electrons. The van der Waals surface area contributed by atoms with Crippen molar-refractivity contribution in [3.05, 3.63) is 48.3 Å². The SMILES string of the molecule is Nc1cnc(CC(=O)O)cc1-c1ccccc1. The maximum Gasteiger partial charge on any atom is 0.309 e. The Morgan fingerprint density at radius 1 is 1.29 bits per heavy atom. The Labute approximate surface area is 98.7 Å². The minimum absolute atomic E-state index is 0.0971. The summed E-state index contributed by atoms with van der Waals surface area (Å²) in [5, 5.41) is 8.73. The van der Waals surface area contributed by atoms with E-state index < -0.39 is 5.97 Å². The summed E-state index contributed by atoms with van der Waals surface area (Å²) in [5.41, 5.74) is 8.67. The van der Waals surface area contributed by atoms with Crippen LogP contribution in [0.15, 0.2) is 42.6 Å². The number of benzene rings is 1. The second-order valence-electron chi connectivity index (χ2n) is 3.70. The van der Waals surface area contributed by atoms with Crippen molar-refractivity contribution in [3.8, 4) is 11.1 Å². The third kappa shape index (κ3) is 2.60. The summed E-state index contributed by atoms with van der Waals surface area (Å²) in [6.07, 6.45) is 1.40. The molecule has 1 heterocycles. The van der Waals surface area contributed by atoms with E-state index in [9.17, 15) is 4.79 Å². The highest BCUT2D eigenvalue weighted by Gasteiger charge is 2.07. The quantitative estimate of drug-likeness (QED) is 0.841. The van der Waals surface area contributed by atoms with E-state index in [0.29, 0.717) is 11.4 Å². The van der Waals surface area contributed by atoms with Crippen molar-refractivity contribution in [3.63, 3.8) is 0 Å². The fourth-order valence-electron chi connectivity index (χ4n) is 1.63. The van der Waals surface area contributed by atoms with E-state index in [0.717, 1.165) is 11.1 Å². The van der Waals surface area contributed by atoms with Crippen LogP contribution in [0.3, 0.4) is 0 Å². The van der Waals surface area contributed by atoms with Crippen molar-refractivity contribution < 1.29 is 9.90 Å². The zero-order valence-corrected chi connectivity index (χ0v) is 9.13. The fourth-order valence-corrected chi connectivity index (χ4v) is 1.63.